The summed E-state index contributed by atoms with van der Waals surface area (Å²) in [5, 5.41) is 22.8. The number of rotatable bonds is 37. The molecule has 4 heteroatoms. The Hall–Kier alpha value is -1.39. The van der Waals surface area contributed by atoms with Crippen LogP contribution in [0.5, 0.6) is 0 Å². The van der Waals surface area contributed by atoms with Gasteiger partial charge in [0.2, 0.25) is 5.91 Å². The van der Waals surface area contributed by atoms with Gasteiger partial charge in [-0.2, -0.15) is 0 Å². The molecule has 0 bridgehead atoms. The van der Waals surface area contributed by atoms with Crippen molar-refractivity contribution in [1.82, 2.24) is 5.32 Å². The van der Waals surface area contributed by atoms with Crippen molar-refractivity contribution in [3.8, 4) is 0 Å². The molecule has 0 aliphatic rings. The van der Waals surface area contributed by atoms with Crippen molar-refractivity contribution in [1.29, 1.82) is 0 Å². The van der Waals surface area contributed by atoms with Crippen molar-refractivity contribution >= 4 is 5.91 Å². The maximum Gasteiger partial charge on any atom is 0.220 e. The van der Waals surface area contributed by atoms with Crippen LogP contribution >= 0.6 is 0 Å². The van der Waals surface area contributed by atoms with Crippen LogP contribution in [0.4, 0.5) is 0 Å². The molecule has 4 nitrogen and oxygen atoms in total. The first-order chi connectivity index (χ1) is 23.2. The lowest BCUT2D eigenvalue weighted by Crippen LogP contribution is -2.45. The Morgan fingerprint density at radius 2 is 0.830 bits per heavy atom. The van der Waals surface area contributed by atoms with Gasteiger partial charge < -0.3 is 15.5 Å². The highest BCUT2D eigenvalue weighted by atomic mass is 16.3. The molecule has 3 N–H and O–H groups in total. The van der Waals surface area contributed by atoms with E-state index in [1.165, 1.54) is 154 Å². The zero-order valence-electron chi connectivity index (χ0n) is 31.5. The quantitative estimate of drug-likeness (QED) is 0.0459. The van der Waals surface area contributed by atoms with Crippen LogP contribution in [0, 0.1) is 0 Å². The fraction of sp³-hybridized carbons (Fsp3) is 0.837. The van der Waals surface area contributed by atoms with E-state index in [2.05, 4.69) is 43.5 Å². The number of amides is 1. The highest BCUT2D eigenvalue weighted by Gasteiger charge is 2.17. The molecule has 0 fully saturated rings. The van der Waals surface area contributed by atoms with E-state index >= 15 is 0 Å². The number of nitrogens with one attached hydrogen (secondary N) is 1. The molecule has 0 aromatic heterocycles. The van der Waals surface area contributed by atoms with E-state index in [4.69, 9.17) is 0 Å². The third kappa shape index (κ3) is 35.7. The minimum absolute atomic E-state index is 0.0836. The highest BCUT2D eigenvalue weighted by molar-refractivity contribution is 5.76. The molecule has 0 aliphatic heterocycles. The number of aliphatic hydroxyl groups is 2. The van der Waals surface area contributed by atoms with Gasteiger partial charge in [0.1, 0.15) is 0 Å². The average molecular weight is 660 g/mol. The molecule has 0 aromatic rings. The molecule has 276 valence electrons. The molecule has 0 heterocycles. The fourth-order valence-corrected chi connectivity index (χ4v) is 6.15. The molecule has 0 saturated heterocycles. The summed E-state index contributed by atoms with van der Waals surface area (Å²) in [6, 6.07) is -0.640. The van der Waals surface area contributed by atoms with Crippen molar-refractivity contribution in [3.05, 3.63) is 36.5 Å². The summed E-state index contributed by atoms with van der Waals surface area (Å²) >= 11 is 0. The van der Waals surface area contributed by atoms with Crippen molar-refractivity contribution in [2.45, 2.75) is 225 Å². The second-order valence-corrected chi connectivity index (χ2v) is 14.0. The topological polar surface area (TPSA) is 69.6 Å². The highest BCUT2D eigenvalue weighted by Crippen LogP contribution is 2.15. The third-order valence-corrected chi connectivity index (χ3v) is 9.35. The molecule has 0 aliphatic carbocycles. The second kappa shape index (κ2) is 39.1. The number of unbranched alkanes of at least 4 members (excludes halogenated alkanes) is 26. The van der Waals surface area contributed by atoms with Crippen molar-refractivity contribution in [2.75, 3.05) is 6.61 Å². The fourth-order valence-electron chi connectivity index (χ4n) is 6.15. The largest absolute Gasteiger partial charge is 0.394 e. The van der Waals surface area contributed by atoms with Gasteiger partial charge in [0.25, 0.3) is 0 Å². The number of carbonyl (C=O) groups is 1. The lowest BCUT2D eigenvalue weighted by Gasteiger charge is -2.19. The average Bonchev–Trinajstić information content (AvgIpc) is 3.07. The summed E-state index contributed by atoms with van der Waals surface area (Å²) in [7, 11) is 0. The summed E-state index contributed by atoms with van der Waals surface area (Å²) in [5.41, 5.74) is 0. The van der Waals surface area contributed by atoms with Gasteiger partial charge in [0.15, 0.2) is 0 Å². The van der Waals surface area contributed by atoms with Crippen molar-refractivity contribution < 1.29 is 15.0 Å². The Morgan fingerprint density at radius 3 is 1.23 bits per heavy atom. The van der Waals surface area contributed by atoms with Crippen LogP contribution in [-0.4, -0.2) is 34.9 Å². The van der Waals surface area contributed by atoms with Gasteiger partial charge >= 0.3 is 0 Å². The van der Waals surface area contributed by atoms with Crippen LogP contribution in [0.25, 0.3) is 0 Å². The molecule has 0 rings (SSSR count). The smallest absolute Gasteiger partial charge is 0.220 e. The van der Waals surface area contributed by atoms with Gasteiger partial charge in [0.05, 0.1) is 18.8 Å². The molecule has 47 heavy (non-hydrogen) atoms. The Bertz CT molecular complexity index is 716. The van der Waals surface area contributed by atoms with Gasteiger partial charge in [-0.1, -0.05) is 198 Å². The van der Waals surface area contributed by atoms with Crippen LogP contribution in [0.3, 0.4) is 0 Å². The zero-order valence-corrected chi connectivity index (χ0v) is 31.5. The third-order valence-electron chi connectivity index (χ3n) is 9.35. The van der Waals surface area contributed by atoms with Crippen molar-refractivity contribution in [2.24, 2.45) is 0 Å². The first kappa shape index (κ1) is 45.6. The Kier molecular flexibility index (Phi) is 37.9. The summed E-state index contributed by atoms with van der Waals surface area (Å²) in [6.07, 6.45) is 51.3. The van der Waals surface area contributed by atoms with Gasteiger partial charge in [-0.25, -0.2) is 0 Å². The van der Waals surface area contributed by atoms with E-state index in [1.807, 2.05) is 6.08 Å². The Labute approximate surface area is 293 Å². The number of hydrogen-bond donors (Lipinski definition) is 3. The minimum Gasteiger partial charge on any atom is -0.394 e. The molecule has 0 spiro atoms. The molecule has 0 radical (unpaired) electrons. The lowest BCUT2D eigenvalue weighted by atomic mass is 10.0. The SMILES string of the molecule is CCCCCCCCCCCCCCCCCCC/C=C/CC/C=C/CC/C=C/C(O)C(CO)NC(=O)CCCCCCCCCC. The minimum atomic E-state index is -0.865. The second-order valence-electron chi connectivity index (χ2n) is 14.0. The molecule has 1 amide bonds. The van der Waals surface area contributed by atoms with Gasteiger partial charge in [-0.15, -0.1) is 0 Å². The van der Waals surface area contributed by atoms with E-state index in [-0.39, 0.29) is 12.5 Å². The predicted molar refractivity (Wildman–Crippen MR) is 207 cm³/mol. The van der Waals surface area contributed by atoms with E-state index in [0.717, 1.165) is 38.5 Å². The number of allylic oxidation sites excluding steroid dienone is 5. The lowest BCUT2D eigenvalue weighted by molar-refractivity contribution is -0.123. The van der Waals surface area contributed by atoms with Crippen LogP contribution in [0.15, 0.2) is 36.5 Å². The normalized spacial score (nSPS) is 13.4. The maximum absolute atomic E-state index is 12.2. The summed E-state index contributed by atoms with van der Waals surface area (Å²) in [4.78, 5) is 12.2. The van der Waals surface area contributed by atoms with Gasteiger partial charge in [-0.3, -0.25) is 4.79 Å². The summed E-state index contributed by atoms with van der Waals surface area (Å²) in [6.45, 7) is 4.26. The molecular formula is C43H81NO3. The van der Waals surface area contributed by atoms with E-state index in [9.17, 15) is 15.0 Å². The zero-order chi connectivity index (χ0) is 34.3. The molecule has 2 atom stereocenters. The summed E-state index contributed by atoms with van der Waals surface area (Å²) in [5.74, 6) is -0.0836. The Morgan fingerprint density at radius 1 is 0.489 bits per heavy atom. The van der Waals surface area contributed by atoms with Crippen LogP contribution in [-0.2, 0) is 4.79 Å². The number of aliphatic hydroxyl groups excluding tert-OH is 2. The summed E-state index contributed by atoms with van der Waals surface area (Å²) < 4.78 is 0. The van der Waals surface area contributed by atoms with Gasteiger partial charge in [0, 0.05) is 6.42 Å². The van der Waals surface area contributed by atoms with Gasteiger partial charge in [-0.05, 0) is 44.9 Å². The standard InChI is InChI=1S/C43H81NO3/c1-3-5-7-9-11-13-14-15-16-17-18-19-20-21-22-23-24-25-26-27-28-29-30-31-32-34-36-38-42(46)41(40-45)44-43(47)39-37-35-33-12-10-8-6-4-2/h26-27,30-31,36,38,41-42,45-46H,3-25,28-29,32-35,37,39-40H2,1-2H3,(H,44,47)/b27-26+,31-30+,38-36+. The number of carbonyl (C=O) groups excluding carboxylic acids is 1. The van der Waals surface area contributed by atoms with E-state index in [0.29, 0.717) is 6.42 Å². The van der Waals surface area contributed by atoms with Crippen molar-refractivity contribution in [3.63, 3.8) is 0 Å². The van der Waals surface area contributed by atoms with Crippen LogP contribution < -0.4 is 5.32 Å². The first-order valence-corrected chi connectivity index (χ1v) is 20.7. The van der Waals surface area contributed by atoms with E-state index in [1.54, 1.807) is 6.08 Å². The first-order valence-electron chi connectivity index (χ1n) is 20.7. The van der Waals surface area contributed by atoms with E-state index < -0.39 is 12.1 Å². The monoisotopic (exact) mass is 660 g/mol. The molecule has 2 unspecified atom stereocenters. The molecule has 0 saturated carbocycles. The van der Waals surface area contributed by atoms with Crippen LogP contribution in [0.2, 0.25) is 0 Å². The molecular weight excluding hydrogens is 578 g/mol. The predicted octanol–water partition coefficient (Wildman–Crippen LogP) is 12.6. The molecule has 0 aromatic carbocycles. The Balaban J connectivity index is 3.56. The number of hydrogen-bond acceptors (Lipinski definition) is 3. The maximum atomic E-state index is 12.2. The van der Waals surface area contributed by atoms with Crippen LogP contribution in [0.1, 0.15) is 213 Å².